The maximum absolute atomic E-state index is 13.5. The van der Waals surface area contributed by atoms with Crippen LogP contribution < -0.4 is 4.74 Å². The lowest BCUT2D eigenvalue weighted by atomic mass is 10.1. The molecule has 4 rings (SSSR count). The van der Waals surface area contributed by atoms with E-state index in [4.69, 9.17) is 9.15 Å². The van der Waals surface area contributed by atoms with Gasteiger partial charge in [-0.2, -0.15) is 0 Å². The van der Waals surface area contributed by atoms with Gasteiger partial charge in [-0.3, -0.25) is 4.79 Å². The molecule has 29 heavy (non-hydrogen) atoms. The van der Waals surface area contributed by atoms with E-state index in [1.165, 1.54) is 4.88 Å². The number of ether oxygens (including phenoxy) is 1. The SMILES string of the molecule is O=C(c1ccccc1Oc1ccccc1)N(CCc1cccs1)Cc1ccoc1. The Morgan fingerprint density at radius 1 is 0.966 bits per heavy atom. The van der Waals surface area contributed by atoms with Crippen molar-refractivity contribution < 1.29 is 13.9 Å². The second-order valence-corrected chi connectivity index (χ2v) is 7.63. The second kappa shape index (κ2) is 9.26. The summed E-state index contributed by atoms with van der Waals surface area (Å²) in [6, 6.07) is 22.9. The van der Waals surface area contributed by atoms with E-state index in [1.807, 2.05) is 71.6 Å². The topological polar surface area (TPSA) is 42.7 Å². The Morgan fingerprint density at radius 3 is 2.55 bits per heavy atom. The molecule has 0 fully saturated rings. The molecule has 4 nitrogen and oxygen atoms in total. The number of carbonyl (C=O) groups is 1. The van der Waals surface area contributed by atoms with E-state index < -0.39 is 0 Å². The molecule has 0 N–H and O–H groups in total. The number of hydrogen-bond acceptors (Lipinski definition) is 4. The molecule has 0 saturated heterocycles. The van der Waals surface area contributed by atoms with Crippen molar-refractivity contribution in [3.63, 3.8) is 0 Å². The van der Waals surface area contributed by atoms with Gasteiger partial charge in [-0.05, 0) is 48.2 Å². The first-order chi connectivity index (χ1) is 14.3. The zero-order valence-corrected chi connectivity index (χ0v) is 16.7. The third-order valence-electron chi connectivity index (χ3n) is 4.54. The summed E-state index contributed by atoms with van der Waals surface area (Å²) in [5.74, 6) is 1.19. The molecule has 2 aromatic carbocycles. The van der Waals surface area contributed by atoms with Crippen LogP contribution in [0.4, 0.5) is 0 Å². The van der Waals surface area contributed by atoms with Gasteiger partial charge in [0.2, 0.25) is 0 Å². The van der Waals surface area contributed by atoms with Crippen LogP contribution in [-0.4, -0.2) is 17.4 Å². The average Bonchev–Trinajstić information content (AvgIpc) is 3.46. The zero-order valence-electron chi connectivity index (χ0n) is 15.9. The summed E-state index contributed by atoms with van der Waals surface area (Å²) >= 11 is 1.70. The van der Waals surface area contributed by atoms with Crippen molar-refractivity contribution in [2.75, 3.05) is 6.54 Å². The van der Waals surface area contributed by atoms with Gasteiger partial charge in [0, 0.05) is 23.5 Å². The highest BCUT2D eigenvalue weighted by molar-refractivity contribution is 7.09. The van der Waals surface area contributed by atoms with Gasteiger partial charge in [-0.1, -0.05) is 36.4 Å². The molecule has 5 heteroatoms. The third kappa shape index (κ3) is 4.95. The summed E-state index contributed by atoms with van der Waals surface area (Å²) in [5, 5.41) is 2.06. The maximum Gasteiger partial charge on any atom is 0.257 e. The Bertz CT molecular complexity index is 1030. The highest BCUT2D eigenvalue weighted by atomic mass is 32.1. The van der Waals surface area contributed by atoms with Gasteiger partial charge < -0.3 is 14.1 Å². The number of nitrogens with zero attached hydrogens (tertiary/aromatic N) is 1. The average molecular weight is 404 g/mol. The highest BCUT2D eigenvalue weighted by Crippen LogP contribution is 2.27. The Morgan fingerprint density at radius 2 is 1.79 bits per heavy atom. The summed E-state index contributed by atoms with van der Waals surface area (Å²) in [6.45, 7) is 1.10. The van der Waals surface area contributed by atoms with Crippen molar-refractivity contribution in [3.8, 4) is 11.5 Å². The van der Waals surface area contributed by atoms with Gasteiger partial charge in [0.15, 0.2) is 0 Å². The predicted molar refractivity (Wildman–Crippen MR) is 114 cm³/mol. The number of rotatable bonds is 8. The first-order valence-electron chi connectivity index (χ1n) is 9.44. The summed E-state index contributed by atoms with van der Waals surface area (Å²) < 4.78 is 11.2. The fourth-order valence-corrected chi connectivity index (χ4v) is 3.77. The van der Waals surface area contributed by atoms with Gasteiger partial charge in [0.05, 0.1) is 18.1 Å². The van der Waals surface area contributed by atoms with Crippen molar-refractivity contribution in [2.45, 2.75) is 13.0 Å². The van der Waals surface area contributed by atoms with Crippen LogP contribution in [0.3, 0.4) is 0 Å². The molecule has 0 aliphatic heterocycles. The monoisotopic (exact) mass is 403 g/mol. The molecule has 0 bridgehead atoms. The molecule has 0 aliphatic carbocycles. The Kier molecular flexibility index (Phi) is 6.07. The summed E-state index contributed by atoms with van der Waals surface area (Å²) in [4.78, 5) is 16.6. The highest BCUT2D eigenvalue weighted by Gasteiger charge is 2.21. The Balaban J connectivity index is 1.57. The zero-order chi connectivity index (χ0) is 19.9. The van der Waals surface area contributed by atoms with Crippen LogP contribution >= 0.6 is 11.3 Å². The van der Waals surface area contributed by atoms with E-state index in [-0.39, 0.29) is 5.91 Å². The van der Waals surface area contributed by atoms with Crippen molar-refractivity contribution in [3.05, 3.63) is 107 Å². The minimum Gasteiger partial charge on any atom is -0.472 e. The molecule has 0 atom stereocenters. The smallest absolute Gasteiger partial charge is 0.257 e. The molecule has 0 unspecified atom stereocenters. The molecular formula is C24H21NO3S. The number of carbonyl (C=O) groups excluding carboxylic acids is 1. The molecule has 0 radical (unpaired) electrons. The lowest BCUT2D eigenvalue weighted by molar-refractivity contribution is 0.0742. The number of para-hydroxylation sites is 2. The van der Waals surface area contributed by atoms with Crippen LogP contribution in [0.25, 0.3) is 0 Å². The second-order valence-electron chi connectivity index (χ2n) is 6.60. The van der Waals surface area contributed by atoms with Gasteiger partial charge in [-0.15, -0.1) is 11.3 Å². The lowest BCUT2D eigenvalue weighted by Gasteiger charge is -2.23. The molecule has 0 saturated carbocycles. The summed E-state index contributed by atoms with van der Waals surface area (Å²) in [7, 11) is 0. The molecule has 2 heterocycles. The number of amides is 1. The number of hydrogen-bond donors (Lipinski definition) is 0. The first-order valence-corrected chi connectivity index (χ1v) is 10.3. The van der Waals surface area contributed by atoms with Crippen molar-refractivity contribution in [2.24, 2.45) is 0 Å². The molecule has 1 amide bonds. The molecule has 0 spiro atoms. The van der Waals surface area contributed by atoms with Crippen LogP contribution in [0, 0.1) is 0 Å². The van der Waals surface area contributed by atoms with Gasteiger partial charge >= 0.3 is 0 Å². The van der Waals surface area contributed by atoms with Crippen molar-refractivity contribution in [1.29, 1.82) is 0 Å². The normalized spacial score (nSPS) is 10.6. The van der Waals surface area contributed by atoms with E-state index in [0.29, 0.717) is 30.2 Å². The van der Waals surface area contributed by atoms with E-state index in [0.717, 1.165) is 12.0 Å². The number of furan rings is 1. The summed E-state index contributed by atoms with van der Waals surface area (Å²) in [5.41, 5.74) is 1.51. The van der Waals surface area contributed by atoms with Crippen molar-refractivity contribution >= 4 is 17.2 Å². The van der Waals surface area contributed by atoms with E-state index >= 15 is 0 Å². The summed E-state index contributed by atoms with van der Waals surface area (Å²) in [6.07, 6.45) is 4.12. The number of benzene rings is 2. The van der Waals surface area contributed by atoms with Crippen molar-refractivity contribution in [1.82, 2.24) is 4.90 Å². The predicted octanol–water partition coefficient (Wildman–Crippen LogP) is 6.02. The molecular weight excluding hydrogens is 382 g/mol. The van der Waals surface area contributed by atoms with Crippen LogP contribution in [0.15, 0.2) is 95.1 Å². The standard InChI is InChI=1S/C24H21NO3S/c26-24(22-10-4-5-11-23(22)28-20-7-2-1-3-8-20)25(17-19-13-15-27-18-19)14-12-21-9-6-16-29-21/h1-11,13,15-16,18H,12,14,17H2. The van der Waals surface area contributed by atoms with Crippen LogP contribution in [0.5, 0.6) is 11.5 Å². The van der Waals surface area contributed by atoms with Crippen LogP contribution in [0.1, 0.15) is 20.8 Å². The van der Waals surface area contributed by atoms with Gasteiger partial charge in [0.25, 0.3) is 5.91 Å². The van der Waals surface area contributed by atoms with E-state index in [9.17, 15) is 4.79 Å². The third-order valence-corrected chi connectivity index (χ3v) is 5.47. The van der Waals surface area contributed by atoms with Gasteiger partial charge in [0.1, 0.15) is 11.5 Å². The lowest BCUT2D eigenvalue weighted by Crippen LogP contribution is -2.32. The minimum absolute atomic E-state index is 0.0608. The quantitative estimate of drug-likeness (QED) is 0.361. The largest absolute Gasteiger partial charge is 0.472 e. The fraction of sp³-hybridized carbons (Fsp3) is 0.125. The van der Waals surface area contributed by atoms with E-state index in [2.05, 4.69) is 11.4 Å². The first kappa shape index (κ1) is 19.0. The Labute approximate surface area is 174 Å². The van der Waals surface area contributed by atoms with Gasteiger partial charge in [-0.25, -0.2) is 0 Å². The van der Waals surface area contributed by atoms with E-state index in [1.54, 1.807) is 23.9 Å². The van der Waals surface area contributed by atoms with Crippen LogP contribution in [0.2, 0.25) is 0 Å². The molecule has 0 aliphatic rings. The maximum atomic E-state index is 13.5. The number of thiophene rings is 1. The fourth-order valence-electron chi connectivity index (χ4n) is 3.07. The molecule has 2 aromatic heterocycles. The Hall–Kier alpha value is -3.31. The molecule has 146 valence electrons. The minimum atomic E-state index is -0.0608. The molecule has 4 aromatic rings. The van der Waals surface area contributed by atoms with Crippen LogP contribution in [-0.2, 0) is 13.0 Å².